The van der Waals surface area contributed by atoms with Gasteiger partial charge in [-0.1, -0.05) is 24.6 Å². The molecule has 5 heteroatoms. The fourth-order valence-electron chi connectivity index (χ4n) is 8.02. The zero-order valence-electron chi connectivity index (χ0n) is 21.6. The summed E-state index contributed by atoms with van der Waals surface area (Å²) in [5, 5.41) is 0. The summed E-state index contributed by atoms with van der Waals surface area (Å²) in [5.41, 5.74) is 4.98. The number of rotatable bonds is 4. The van der Waals surface area contributed by atoms with E-state index in [9.17, 15) is 14.4 Å². The minimum atomic E-state index is -1.07. The molecule has 35 heavy (non-hydrogen) atoms. The smallest absolute Gasteiger partial charge is 0.303 e. The first-order chi connectivity index (χ1) is 16.6. The van der Waals surface area contributed by atoms with Crippen molar-refractivity contribution in [2.45, 2.75) is 77.2 Å². The number of ether oxygens (including phenoxy) is 1. The number of esters is 1. The lowest BCUT2D eigenvalue weighted by atomic mass is 9.50. The molecule has 0 amide bonds. The zero-order valence-corrected chi connectivity index (χ0v) is 21.6. The number of Topliss-reactive ketones (excluding diaryl/α,β-unsaturated/α-hetero) is 1. The number of nitrogens with zero attached hydrogens (tertiary/aromatic N) is 1. The quantitative estimate of drug-likeness (QED) is 0.535. The Kier molecular flexibility index (Phi) is 5.81. The molecule has 5 atom stereocenters. The van der Waals surface area contributed by atoms with E-state index in [0.717, 1.165) is 37.8 Å². The molecule has 5 rings (SSSR count). The molecule has 0 heterocycles. The molecule has 0 aliphatic heterocycles. The average molecular weight is 476 g/mol. The SMILES string of the molecule is CC(=O)O[C@]1(C(C)=O)CC[C@@H]2[C@H]3CCC4=CC(=O)CCC4=C3C(c3ccc(N(C)C)cc3)C[C@@]21C. The lowest BCUT2D eigenvalue weighted by Gasteiger charge is -2.55. The average Bonchev–Trinajstić information content (AvgIpc) is 3.10. The van der Waals surface area contributed by atoms with Crippen molar-refractivity contribution in [2.24, 2.45) is 17.3 Å². The van der Waals surface area contributed by atoms with Crippen molar-refractivity contribution in [1.82, 2.24) is 0 Å². The van der Waals surface area contributed by atoms with Crippen LogP contribution in [-0.2, 0) is 19.1 Å². The van der Waals surface area contributed by atoms with E-state index in [1.165, 1.54) is 29.2 Å². The molecule has 2 saturated carbocycles. The van der Waals surface area contributed by atoms with Crippen molar-refractivity contribution in [2.75, 3.05) is 19.0 Å². The number of carbonyl (C=O) groups excluding carboxylic acids is 3. The highest BCUT2D eigenvalue weighted by atomic mass is 16.6. The summed E-state index contributed by atoms with van der Waals surface area (Å²) in [6.45, 7) is 5.22. The molecule has 1 aromatic rings. The van der Waals surface area contributed by atoms with Crippen molar-refractivity contribution in [3.63, 3.8) is 0 Å². The molecule has 0 aromatic heterocycles. The normalized spacial score (nSPS) is 33.9. The first-order valence-corrected chi connectivity index (χ1v) is 13.0. The van der Waals surface area contributed by atoms with Crippen LogP contribution in [0.3, 0.4) is 0 Å². The highest BCUT2D eigenvalue weighted by molar-refractivity contribution is 5.93. The van der Waals surface area contributed by atoms with Crippen LogP contribution >= 0.6 is 0 Å². The molecule has 4 aliphatic rings. The lowest BCUT2D eigenvalue weighted by molar-refractivity contribution is -0.182. The van der Waals surface area contributed by atoms with Gasteiger partial charge in [0.15, 0.2) is 17.2 Å². The third kappa shape index (κ3) is 3.61. The van der Waals surface area contributed by atoms with Crippen LogP contribution in [-0.4, -0.2) is 37.2 Å². The Morgan fingerprint density at radius 2 is 1.74 bits per heavy atom. The molecular weight excluding hydrogens is 438 g/mol. The van der Waals surface area contributed by atoms with Gasteiger partial charge < -0.3 is 9.64 Å². The highest BCUT2D eigenvalue weighted by Gasteiger charge is 2.67. The van der Waals surface area contributed by atoms with Crippen LogP contribution in [0.25, 0.3) is 0 Å². The summed E-state index contributed by atoms with van der Waals surface area (Å²) in [6.07, 6.45) is 7.41. The Morgan fingerprint density at radius 1 is 1.03 bits per heavy atom. The number of ketones is 2. The van der Waals surface area contributed by atoms with Crippen LogP contribution in [0.1, 0.15) is 77.2 Å². The van der Waals surface area contributed by atoms with E-state index in [-0.39, 0.29) is 29.4 Å². The van der Waals surface area contributed by atoms with Crippen LogP contribution in [0, 0.1) is 17.3 Å². The number of benzene rings is 1. The topological polar surface area (TPSA) is 63.7 Å². The minimum Gasteiger partial charge on any atom is -0.451 e. The molecule has 1 unspecified atom stereocenters. The van der Waals surface area contributed by atoms with Crippen molar-refractivity contribution < 1.29 is 19.1 Å². The number of hydrogen-bond acceptors (Lipinski definition) is 5. The first-order valence-electron chi connectivity index (χ1n) is 13.0. The van der Waals surface area contributed by atoms with Crippen LogP contribution in [0.15, 0.2) is 47.1 Å². The maximum absolute atomic E-state index is 13.2. The largest absolute Gasteiger partial charge is 0.451 e. The Morgan fingerprint density at radius 3 is 2.37 bits per heavy atom. The molecule has 1 aromatic carbocycles. The molecule has 0 bridgehead atoms. The molecule has 2 fully saturated rings. The summed E-state index contributed by atoms with van der Waals surface area (Å²) in [7, 11) is 4.08. The summed E-state index contributed by atoms with van der Waals surface area (Å²) in [4.78, 5) is 39.8. The fourth-order valence-corrected chi connectivity index (χ4v) is 8.02. The molecular formula is C30H37NO4. The van der Waals surface area contributed by atoms with Crippen molar-refractivity contribution in [3.8, 4) is 0 Å². The van der Waals surface area contributed by atoms with Gasteiger partial charge in [-0.15, -0.1) is 0 Å². The van der Waals surface area contributed by atoms with Crippen molar-refractivity contribution in [1.29, 1.82) is 0 Å². The maximum atomic E-state index is 13.2. The Labute approximate surface area is 208 Å². The Bertz CT molecular complexity index is 1140. The Balaban J connectivity index is 1.68. The van der Waals surface area contributed by atoms with Gasteiger partial charge in [-0.3, -0.25) is 14.4 Å². The number of anilines is 1. The van der Waals surface area contributed by atoms with E-state index in [4.69, 9.17) is 4.74 Å². The fraction of sp³-hybridized carbons (Fsp3) is 0.567. The van der Waals surface area contributed by atoms with Gasteiger partial charge in [0.25, 0.3) is 0 Å². The van der Waals surface area contributed by atoms with Gasteiger partial charge in [0.1, 0.15) is 0 Å². The Hall–Kier alpha value is -2.69. The number of allylic oxidation sites excluding steroid dienone is 4. The number of fused-ring (bicyclic) bond motifs is 4. The molecule has 186 valence electrons. The van der Waals surface area contributed by atoms with Gasteiger partial charge >= 0.3 is 5.97 Å². The second kappa shape index (κ2) is 8.46. The third-order valence-corrected chi connectivity index (χ3v) is 9.55. The summed E-state index contributed by atoms with van der Waals surface area (Å²) in [5.74, 6) is 0.584. The van der Waals surface area contributed by atoms with Crippen LogP contribution < -0.4 is 4.90 Å². The molecule has 0 radical (unpaired) electrons. The molecule has 0 N–H and O–H groups in total. The molecule has 0 spiro atoms. The predicted molar refractivity (Wildman–Crippen MR) is 136 cm³/mol. The molecule has 5 nitrogen and oxygen atoms in total. The summed E-state index contributed by atoms with van der Waals surface area (Å²) < 4.78 is 6.00. The van der Waals surface area contributed by atoms with E-state index < -0.39 is 11.0 Å². The van der Waals surface area contributed by atoms with E-state index >= 15 is 0 Å². The minimum absolute atomic E-state index is 0.0323. The number of hydrogen-bond donors (Lipinski definition) is 0. The maximum Gasteiger partial charge on any atom is 0.303 e. The summed E-state index contributed by atoms with van der Waals surface area (Å²) in [6, 6.07) is 8.76. The monoisotopic (exact) mass is 475 g/mol. The van der Waals surface area contributed by atoms with E-state index in [1.807, 2.05) is 20.2 Å². The summed E-state index contributed by atoms with van der Waals surface area (Å²) >= 11 is 0. The van der Waals surface area contributed by atoms with Crippen molar-refractivity contribution >= 4 is 23.2 Å². The highest BCUT2D eigenvalue weighted by Crippen LogP contribution is 2.67. The number of carbonyl (C=O) groups is 3. The first kappa shape index (κ1) is 24.0. The van der Waals surface area contributed by atoms with E-state index in [2.05, 4.69) is 36.1 Å². The second-order valence-corrected chi connectivity index (χ2v) is 11.5. The van der Waals surface area contributed by atoms with Gasteiger partial charge in [-0.05, 0) is 92.2 Å². The zero-order chi connectivity index (χ0) is 25.1. The third-order valence-electron chi connectivity index (χ3n) is 9.55. The van der Waals surface area contributed by atoms with Gasteiger partial charge in [-0.2, -0.15) is 0 Å². The lowest BCUT2D eigenvalue weighted by Crippen LogP contribution is -2.57. The van der Waals surface area contributed by atoms with Crippen LogP contribution in [0.4, 0.5) is 5.69 Å². The van der Waals surface area contributed by atoms with E-state index in [0.29, 0.717) is 18.8 Å². The predicted octanol–water partition coefficient (Wildman–Crippen LogP) is 5.54. The van der Waals surface area contributed by atoms with Gasteiger partial charge in [-0.25, -0.2) is 0 Å². The van der Waals surface area contributed by atoms with Crippen LogP contribution in [0.5, 0.6) is 0 Å². The van der Waals surface area contributed by atoms with Gasteiger partial charge in [0, 0.05) is 44.5 Å². The van der Waals surface area contributed by atoms with Crippen molar-refractivity contribution in [3.05, 3.63) is 52.6 Å². The van der Waals surface area contributed by atoms with Gasteiger partial charge in [0.2, 0.25) is 0 Å². The molecule has 4 aliphatic carbocycles. The van der Waals surface area contributed by atoms with E-state index in [1.54, 1.807) is 6.92 Å². The second-order valence-electron chi connectivity index (χ2n) is 11.5. The standard InChI is InChI=1S/C30H37NO4/c1-18(32)30(35-19(2)33)15-14-27-25-12-8-21-16-23(34)11-13-24(21)28(25)26(17-29(27,30)3)20-6-9-22(10-7-20)31(4)5/h6-7,9-10,16,25-27H,8,11-15,17H2,1-5H3/t25-,26?,27-,29+,30+/m1/s1. The molecule has 0 saturated heterocycles. The van der Waals surface area contributed by atoms with Gasteiger partial charge in [0.05, 0.1) is 0 Å². The van der Waals surface area contributed by atoms with Crippen LogP contribution in [0.2, 0.25) is 0 Å².